The molecule has 0 N–H and O–H groups in total. The van der Waals surface area contributed by atoms with E-state index in [-0.39, 0.29) is 17.6 Å². The van der Waals surface area contributed by atoms with Gasteiger partial charge in [0.2, 0.25) is 0 Å². The third-order valence-electron chi connectivity index (χ3n) is 7.09. The van der Waals surface area contributed by atoms with Gasteiger partial charge in [0, 0.05) is 24.7 Å². The van der Waals surface area contributed by atoms with E-state index in [4.69, 9.17) is 9.47 Å². The Kier molecular flexibility index (Phi) is 9.16. The number of allylic oxidation sites excluding steroid dienone is 3. The molecule has 1 aliphatic carbocycles. The molecule has 0 amide bonds. The van der Waals surface area contributed by atoms with Crippen LogP contribution >= 0.6 is 0 Å². The molecule has 0 spiro atoms. The first kappa shape index (κ1) is 24.8. The van der Waals surface area contributed by atoms with Crippen LogP contribution in [0.1, 0.15) is 102 Å². The van der Waals surface area contributed by atoms with Crippen molar-refractivity contribution in [3.63, 3.8) is 0 Å². The van der Waals surface area contributed by atoms with Gasteiger partial charge < -0.3 is 9.47 Å². The molecule has 176 valence electrons. The summed E-state index contributed by atoms with van der Waals surface area (Å²) >= 11 is 0. The minimum absolute atomic E-state index is 0.0826. The van der Waals surface area contributed by atoms with Crippen LogP contribution in [-0.2, 0) is 14.9 Å². The van der Waals surface area contributed by atoms with E-state index in [0.29, 0.717) is 24.5 Å². The van der Waals surface area contributed by atoms with Crippen molar-refractivity contribution in [3.8, 4) is 5.75 Å². The standard InChI is InChI=1S/C29H42O3/c1-5-7-8-10-18-29(3,4)23-15-17-25(26-21-24(30)16-14-22(26)12-6-2)27(20-23)32-28-13-9-11-19-31-28/h6,10,15,17-18,20,22,26,28H,2,5,7-9,11-14,16,19,21H2,1,3-4H3/b18-10-. The molecule has 1 aliphatic heterocycles. The fraction of sp³-hybridized carbons (Fsp3) is 0.621. The van der Waals surface area contributed by atoms with E-state index in [0.717, 1.165) is 56.4 Å². The summed E-state index contributed by atoms with van der Waals surface area (Å²) in [6.45, 7) is 11.5. The molecular formula is C29H42O3. The van der Waals surface area contributed by atoms with Crippen LogP contribution in [0.15, 0.2) is 43.0 Å². The zero-order valence-corrected chi connectivity index (χ0v) is 20.4. The molecule has 0 aromatic heterocycles. The molecule has 3 unspecified atom stereocenters. The van der Waals surface area contributed by atoms with E-state index in [1.54, 1.807) is 0 Å². The first-order chi connectivity index (χ1) is 15.4. The number of carbonyl (C=O) groups is 1. The Morgan fingerprint density at radius 1 is 1.25 bits per heavy atom. The summed E-state index contributed by atoms with van der Waals surface area (Å²) in [6.07, 6.45) is 16.3. The summed E-state index contributed by atoms with van der Waals surface area (Å²) < 4.78 is 12.4. The van der Waals surface area contributed by atoms with Crippen molar-refractivity contribution in [2.45, 2.75) is 103 Å². The first-order valence-corrected chi connectivity index (χ1v) is 12.7. The van der Waals surface area contributed by atoms with Crippen molar-refractivity contribution in [1.82, 2.24) is 0 Å². The maximum atomic E-state index is 12.4. The van der Waals surface area contributed by atoms with Gasteiger partial charge in [0.05, 0.1) is 6.61 Å². The average molecular weight is 439 g/mol. The van der Waals surface area contributed by atoms with Gasteiger partial charge in [0.1, 0.15) is 11.5 Å². The predicted molar refractivity (Wildman–Crippen MR) is 132 cm³/mol. The molecule has 1 aromatic carbocycles. The number of unbranched alkanes of at least 4 members (excludes halogenated alkanes) is 2. The molecule has 32 heavy (non-hydrogen) atoms. The van der Waals surface area contributed by atoms with Gasteiger partial charge in [-0.1, -0.05) is 64.0 Å². The summed E-state index contributed by atoms with van der Waals surface area (Å²) in [5, 5.41) is 0. The zero-order chi connectivity index (χ0) is 23.0. The number of ether oxygens (including phenoxy) is 2. The Labute approximate surface area is 195 Å². The van der Waals surface area contributed by atoms with E-state index in [1.807, 2.05) is 6.08 Å². The number of benzene rings is 1. The quantitative estimate of drug-likeness (QED) is 0.278. The van der Waals surface area contributed by atoms with E-state index in [2.05, 4.69) is 57.7 Å². The number of carbonyl (C=O) groups excluding carboxylic acids is 1. The molecule has 1 saturated heterocycles. The molecule has 0 radical (unpaired) electrons. The van der Waals surface area contributed by atoms with Gasteiger partial charge in [-0.15, -0.1) is 6.58 Å². The largest absolute Gasteiger partial charge is 0.465 e. The fourth-order valence-electron chi connectivity index (χ4n) is 5.01. The second-order valence-electron chi connectivity index (χ2n) is 10.1. The van der Waals surface area contributed by atoms with Crippen molar-refractivity contribution in [1.29, 1.82) is 0 Å². The van der Waals surface area contributed by atoms with Crippen LogP contribution in [0.4, 0.5) is 0 Å². The number of Topliss-reactive ketones (excluding diaryl/α,β-unsaturated/α-hetero) is 1. The Balaban J connectivity index is 1.93. The van der Waals surface area contributed by atoms with Gasteiger partial charge >= 0.3 is 0 Å². The van der Waals surface area contributed by atoms with E-state index in [9.17, 15) is 4.79 Å². The molecule has 3 atom stereocenters. The van der Waals surface area contributed by atoms with Gasteiger partial charge in [-0.3, -0.25) is 4.79 Å². The third kappa shape index (κ3) is 6.57. The summed E-state index contributed by atoms with van der Waals surface area (Å²) in [5.74, 6) is 1.88. The number of rotatable bonds is 10. The smallest absolute Gasteiger partial charge is 0.199 e. The lowest BCUT2D eigenvalue weighted by molar-refractivity contribution is -0.121. The summed E-state index contributed by atoms with van der Waals surface area (Å²) in [4.78, 5) is 12.4. The van der Waals surface area contributed by atoms with Crippen molar-refractivity contribution in [2.75, 3.05) is 6.61 Å². The molecule has 3 nitrogen and oxygen atoms in total. The number of ketones is 1. The number of hydrogen-bond donors (Lipinski definition) is 0. The first-order valence-electron chi connectivity index (χ1n) is 12.7. The molecule has 3 heteroatoms. The van der Waals surface area contributed by atoms with Crippen LogP contribution in [0.25, 0.3) is 0 Å². The van der Waals surface area contributed by atoms with Gasteiger partial charge in [-0.05, 0) is 61.1 Å². The molecule has 1 saturated carbocycles. The SMILES string of the molecule is C=CCC1CCC(=O)CC1c1ccc(C(C)(C)/C=C\CCCC)cc1OC1CCCCO1. The minimum atomic E-state index is -0.196. The van der Waals surface area contributed by atoms with Crippen LogP contribution in [0, 0.1) is 5.92 Å². The van der Waals surface area contributed by atoms with Crippen molar-refractivity contribution in [3.05, 3.63) is 54.1 Å². The minimum Gasteiger partial charge on any atom is -0.465 e. The van der Waals surface area contributed by atoms with Gasteiger partial charge in [-0.2, -0.15) is 0 Å². The third-order valence-corrected chi connectivity index (χ3v) is 7.09. The monoisotopic (exact) mass is 438 g/mol. The Hall–Kier alpha value is -1.87. The Morgan fingerprint density at radius 3 is 2.81 bits per heavy atom. The Morgan fingerprint density at radius 2 is 2.09 bits per heavy atom. The molecular weight excluding hydrogens is 396 g/mol. The van der Waals surface area contributed by atoms with Gasteiger partial charge in [0.15, 0.2) is 6.29 Å². The van der Waals surface area contributed by atoms with Crippen LogP contribution in [0.2, 0.25) is 0 Å². The topological polar surface area (TPSA) is 35.5 Å². The van der Waals surface area contributed by atoms with Gasteiger partial charge in [-0.25, -0.2) is 0 Å². The van der Waals surface area contributed by atoms with Gasteiger partial charge in [0.25, 0.3) is 0 Å². The molecule has 1 heterocycles. The van der Waals surface area contributed by atoms with Crippen molar-refractivity contribution < 1.29 is 14.3 Å². The van der Waals surface area contributed by atoms with E-state index >= 15 is 0 Å². The number of hydrogen-bond acceptors (Lipinski definition) is 3. The Bertz CT molecular complexity index is 786. The second kappa shape index (κ2) is 11.8. The highest BCUT2D eigenvalue weighted by molar-refractivity contribution is 5.80. The normalized spacial score (nSPS) is 24.6. The lowest BCUT2D eigenvalue weighted by atomic mass is 9.72. The highest BCUT2D eigenvalue weighted by Gasteiger charge is 2.33. The molecule has 3 rings (SSSR count). The maximum absolute atomic E-state index is 12.4. The van der Waals surface area contributed by atoms with Crippen molar-refractivity contribution in [2.24, 2.45) is 5.92 Å². The second-order valence-corrected chi connectivity index (χ2v) is 10.1. The lowest BCUT2D eigenvalue weighted by Crippen LogP contribution is -2.28. The fourth-order valence-corrected chi connectivity index (χ4v) is 5.01. The maximum Gasteiger partial charge on any atom is 0.199 e. The highest BCUT2D eigenvalue weighted by Crippen LogP contribution is 2.44. The molecule has 2 fully saturated rings. The summed E-state index contributed by atoms with van der Waals surface area (Å²) in [5.41, 5.74) is 2.32. The van der Waals surface area contributed by atoms with E-state index < -0.39 is 0 Å². The highest BCUT2D eigenvalue weighted by atomic mass is 16.7. The van der Waals surface area contributed by atoms with Crippen LogP contribution in [0.5, 0.6) is 5.75 Å². The van der Waals surface area contributed by atoms with Crippen molar-refractivity contribution >= 4 is 5.78 Å². The molecule has 1 aromatic rings. The lowest BCUT2D eigenvalue weighted by Gasteiger charge is -2.34. The van der Waals surface area contributed by atoms with Crippen LogP contribution in [0.3, 0.4) is 0 Å². The van der Waals surface area contributed by atoms with Crippen LogP contribution in [-0.4, -0.2) is 18.7 Å². The summed E-state index contributed by atoms with van der Waals surface area (Å²) in [6, 6.07) is 6.66. The zero-order valence-electron chi connectivity index (χ0n) is 20.4. The average Bonchev–Trinajstić information content (AvgIpc) is 2.79. The van der Waals surface area contributed by atoms with E-state index in [1.165, 1.54) is 18.4 Å². The predicted octanol–water partition coefficient (Wildman–Crippen LogP) is 7.64. The molecule has 2 aliphatic rings. The molecule has 0 bridgehead atoms. The summed E-state index contributed by atoms with van der Waals surface area (Å²) in [7, 11) is 0. The van der Waals surface area contributed by atoms with Crippen LogP contribution < -0.4 is 4.74 Å².